The Bertz CT molecular complexity index is 369. The molecule has 5 nitrogen and oxygen atoms in total. The van der Waals surface area contributed by atoms with Gasteiger partial charge in [0.15, 0.2) is 0 Å². The van der Waals surface area contributed by atoms with E-state index in [0.717, 1.165) is 44.0 Å². The summed E-state index contributed by atoms with van der Waals surface area (Å²) in [6.07, 6.45) is 1.65. The highest BCUT2D eigenvalue weighted by Gasteiger charge is 2.23. The second-order valence-electron chi connectivity index (χ2n) is 5.11. The van der Waals surface area contributed by atoms with Gasteiger partial charge in [0.05, 0.1) is 19.8 Å². The van der Waals surface area contributed by atoms with Crippen LogP contribution in [-0.4, -0.2) is 50.8 Å². The van der Waals surface area contributed by atoms with Gasteiger partial charge < -0.3 is 4.74 Å². The van der Waals surface area contributed by atoms with Gasteiger partial charge in [0.2, 0.25) is 0 Å². The summed E-state index contributed by atoms with van der Waals surface area (Å²) in [5, 5.41) is 5.24. The third kappa shape index (κ3) is 3.52. The molecule has 18 heavy (non-hydrogen) atoms. The maximum absolute atomic E-state index is 5.50. The predicted octanol–water partition coefficient (Wildman–Crippen LogP) is 1.53. The number of halogens is 1. The van der Waals surface area contributed by atoms with Crippen molar-refractivity contribution in [1.29, 1.82) is 0 Å². The molecule has 1 atom stereocenters. The molecule has 0 spiro atoms. The normalized spacial score (nSPS) is 21.7. The van der Waals surface area contributed by atoms with E-state index in [9.17, 15) is 0 Å². The van der Waals surface area contributed by atoms with E-state index >= 15 is 0 Å². The maximum atomic E-state index is 5.50. The van der Waals surface area contributed by atoms with Gasteiger partial charge in [0, 0.05) is 24.5 Å². The summed E-state index contributed by atoms with van der Waals surface area (Å²) in [6, 6.07) is 0.433. The van der Waals surface area contributed by atoms with Crippen LogP contribution in [0.25, 0.3) is 0 Å². The van der Waals surface area contributed by atoms with E-state index in [1.807, 2.05) is 4.68 Å². The number of alkyl halides is 1. The molecular formula is C12H21BrN4O. The molecule has 0 N–H and O–H groups in total. The molecule has 1 aliphatic rings. The Morgan fingerprint density at radius 2 is 2.39 bits per heavy atom. The second-order valence-corrected chi connectivity index (χ2v) is 5.75. The van der Waals surface area contributed by atoms with Crippen molar-refractivity contribution in [1.82, 2.24) is 19.7 Å². The number of hydrogen-bond donors (Lipinski definition) is 0. The zero-order chi connectivity index (χ0) is 13.0. The fourth-order valence-corrected chi connectivity index (χ4v) is 2.73. The van der Waals surface area contributed by atoms with Gasteiger partial charge >= 0.3 is 0 Å². The molecule has 0 aromatic carbocycles. The van der Waals surface area contributed by atoms with Crippen molar-refractivity contribution < 1.29 is 4.74 Å². The van der Waals surface area contributed by atoms with Crippen LogP contribution in [0.4, 0.5) is 0 Å². The summed E-state index contributed by atoms with van der Waals surface area (Å²) < 4.78 is 7.52. The topological polar surface area (TPSA) is 43.2 Å². The lowest BCUT2D eigenvalue weighted by atomic mass is 10.2. The van der Waals surface area contributed by atoms with E-state index in [2.05, 4.69) is 44.8 Å². The van der Waals surface area contributed by atoms with Crippen LogP contribution in [-0.2, 0) is 17.8 Å². The Morgan fingerprint density at radius 3 is 3.11 bits per heavy atom. The number of aromatic nitrogens is 3. The first-order chi connectivity index (χ1) is 8.70. The number of rotatable bonds is 5. The minimum Gasteiger partial charge on any atom is -0.378 e. The highest BCUT2D eigenvalue weighted by atomic mass is 79.9. The lowest BCUT2D eigenvalue weighted by molar-refractivity contribution is -0.00390. The van der Waals surface area contributed by atoms with Crippen LogP contribution in [0.2, 0.25) is 0 Å². The molecule has 0 aliphatic carbocycles. The average molecular weight is 317 g/mol. The molecule has 1 aromatic rings. The molecule has 1 saturated heterocycles. The molecule has 6 heteroatoms. The first-order valence-corrected chi connectivity index (χ1v) is 7.57. The van der Waals surface area contributed by atoms with Gasteiger partial charge in [-0.2, -0.15) is 5.10 Å². The average Bonchev–Trinajstić information content (AvgIpc) is 2.76. The third-order valence-corrected chi connectivity index (χ3v) is 3.85. The Balaban J connectivity index is 2.01. The van der Waals surface area contributed by atoms with E-state index in [-0.39, 0.29) is 0 Å². The number of hydrogen-bond acceptors (Lipinski definition) is 4. The van der Waals surface area contributed by atoms with Crippen LogP contribution in [0, 0.1) is 5.92 Å². The Hall–Kier alpha value is -0.460. The van der Waals surface area contributed by atoms with E-state index in [1.54, 1.807) is 6.33 Å². The van der Waals surface area contributed by atoms with E-state index in [4.69, 9.17) is 4.74 Å². The van der Waals surface area contributed by atoms with Gasteiger partial charge in [0.1, 0.15) is 12.2 Å². The largest absolute Gasteiger partial charge is 0.378 e. The van der Waals surface area contributed by atoms with Crippen molar-refractivity contribution in [2.24, 2.45) is 5.92 Å². The minimum absolute atomic E-state index is 0.433. The monoisotopic (exact) mass is 316 g/mol. The Morgan fingerprint density at radius 1 is 1.56 bits per heavy atom. The van der Waals surface area contributed by atoms with Crippen molar-refractivity contribution in [3.8, 4) is 0 Å². The van der Waals surface area contributed by atoms with Crippen LogP contribution in [0.1, 0.15) is 19.7 Å². The summed E-state index contributed by atoms with van der Waals surface area (Å²) in [6.45, 7) is 8.74. The highest BCUT2D eigenvalue weighted by Crippen LogP contribution is 2.13. The number of morpholine rings is 1. The molecule has 2 rings (SSSR count). The van der Waals surface area contributed by atoms with Crippen LogP contribution >= 0.6 is 15.9 Å². The van der Waals surface area contributed by atoms with Crippen LogP contribution in [0.5, 0.6) is 0 Å². The molecule has 1 aliphatic heterocycles. The standard InChI is InChI=1S/C12H21BrN4O/c1-10(2)6-17-12(14-9-15-17)7-16-3-4-18-8-11(16)5-13/h9-11H,3-8H2,1-2H3. The Labute approximate surface area is 117 Å². The Kier molecular flexibility index (Phi) is 5.14. The lowest BCUT2D eigenvalue weighted by Crippen LogP contribution is -2.46. The maximum Gasteiger partial charge on any atom is 0.141 e. The van der Waals surface area contributed by atoms with Gasteiger partial charge in [-0.05, 0) is 5.92 Å². The van der Waals surface area contributed by atoms with Crippen molar-refractivity contribution in [3.05, 3.63) is 12.2 Å². The van der Waals surface area contributed by atoms with Gasteiger partial charge in [0.25, 0.3) is 0 Å². The molecule has 2 heterocycles. The van der Waals surface area contributed by atoms with Crippen molar-refractivity contribution >= 4 is 15.9 Å². The molecule has 1 unspecified atom stereocenters. The third-order valence-electron chi connectivity index (χ3n) is 3.11. The first kappa shape index (κ1) is 14.0. The molecule has 102 valence electrons. The first-order valence-electron chi connectivity index (χ1n) is 6.45. The zero-order valence-corrected chi connectivity index (χ0v) is 12.6. The molecular weight excluding hydrogens is 296 g/mol. The van der Waals surface area contributed by atoms with E-state index < -0.39 is 0 Å². The molecule has 1 aromatic heterocycles. The molecule has 0 amide bonds. The van der Waals surface area contributed by atoms with Gasteiger partial charge in [-0.3, -0.25) is 4.90 Å². The SMILES string of the molecule is CC(C)Cn1ncnc1CN1CCOCC1CBr. The summed E-state index contributed by atoms with van der Waals surface area (Å²) in [7, 11) is 0. The fraction of sp³-hybridized carbons (Fsp3) is 0.833. The summed E-state index contributed by atoms with van der Waals surface area (Å²) in [5.41, 5.74) is 0. The lowest BCUT2D eigenvalue weighted by Gasteiger charge is -2.34. The number of nitrogens with zero attached hydrogens (tertiary/aromatic N) is 4. The van der Waals surface area contributed by atoms with Gasteiger partial charge in [-0.25, -0.2) is 9.67 Å². The fourth-order valence-electron chi connectivity index (χ4n) is 2.13. The van der Waals surface area contributed by atoms with Crippen LogP contribution in [0.15, 0.2) is 6.33 Å². The smallest absolute Gasteiger partial charge is 0.141 e. The van der Waals surface area contributed by atoms with Gasteiger partial charge in [-0.15, -0.1) is 0 Å². The van der Waals surface area contributed by atoms with Crippen LogP contribution < -0.4 is 0 Å². The summed E-state index contributed by atoms with van der Waals surface area (Å²) in [4.78, 5) is 6.80. The van der Waals surface area contributed by atoms with Crippen LogP contribution in [0.3, 0.4) is 0 Å². The molecule has 0 radical (unpaired) electrons. The van der Waals surface area contributed by atoms with Gasteiger partial charge in [-0.1, -0.05) is 29.8 Å². The second kappa shape index (κ2) is 6.63. The summed E-state index contributed by atoms with van der Waals surface area (Å²) >= 11 is 3.55. The van der Waals surface area contributed by atoms with Crippen molar-refractivity contribution in [2.75, 3.05) is 25.1 Å². The minimum atomic E-state index is 0.433. The quantitative estimate of drug-likeness (QED) is 0.773. The molecule has 0 saturated carbocycles. The van der Waals surface area contributed by atoms with Crippen molar-refractivity contribution in [2.45, 2.75) is 33.0 Å². The summed E-state index contributed by atoms with van der Waals surface area (Å²) in [5.74, 6) is 1.64. The zero-order valence-electron chi connectivity index (χ0n) is 11.0. The van der Waals surface area contributed by atoms with Crippen molar-refractivity contribution in [3.63, 3.8) is 0 Å². The number of ether oxygens (including phenoxy) is 1. The van der Waals surface area contributed by atoms with E-state index in [0.29, 0.717) is 12.0 Å². The molecule has 1 fully saturated rings. The predicted molar refractivity (Wildman–Crippen MR) is 73.7 cm³/mol. The highest BCUT2D eigenvalue weighted by molar-refractivity contribution is 9.09. The van der Waals surface area contributed by atoms with E-state index in [1.165, 1.54) is 0 Å². The molecule has 0 bridgehead atoms.